The highest BCUT2D eigenvalue weighted by Crippen LogP contribution is 2.29. The Labute approximate surface area is 99.4 Å². The van der Waals surface area contributed by atoms with Crippen LogP contribution >= 0.6 is 11.6 Å². The van der Waals surface area contributed by atoms with Crippen LogP contribution in [0.3, 0.4) is 0 Å². The summed E-state index contributed by atoms with van der Waals surface area (Å²) >= 11 is 5.03. The van der Waals surface area contributed by atoms with E-state index in [-0.39, 0.29) is 0 Å². The van der Waals surface area contributed by atoms with Gasteiger partial charge < -0.3 is 0 Å². The lowest BCUT2D eigenvalue weighted by molar-refractivity contribution is -0.384. The second kappa shape index (κ2) is 4.80. The third kappa shape index (κ3) is 3.01. The number of nitro benzene ring substituents is 1. The molecule has 0 radical (unpaired) electrons. The summed E-state index contributed by atoms with van der Waals surface area (Å²) in [5.74, 6) is -3.07. The minimum absolute atomic E-state index is 0.520. The van der Waals surface area contributed by atoms with Crippen molar-refractivity contribution in [3.8, 4) is 0 Å². The highest BCUT2D eigenvalue weighted by Gasteiger charge is 2.25. The average Bonchev–Trinajstić information content (AvgIpc) is 2.24. The lowest BCUT2D eigenvalue weighted by Crippen LogP contribution is -2.16. The number of hydrogen-bond acceptors (Lipinski definition) is 4. The minimum atomic E-state index is -4.16. The van der Waals surface area contributed by atoms with E-state index in [9.17, 15) is 27.3 Å². The highest BCUT2D eigenvalue weighted by atomic mass is 35.5. The lowest BCUT2D eigenvalue weighted by Gasteiger charge is -2.07. The third-order valence-corrected chi connectivity index (χ3v) is 3.34. The van der Waals surface area contributed by atoms with Gasteiger partial charge in [0.2, 0.25) is 10.0 Å². The SMILES string of the molecule is O=[N+]([O-])c1ccc(F)c(F)c1NS(=O)(=O)CCl. The molecule has 0 aliphatic carbocycles. The van der Waals surface area contributed by atoms with Gasteiger partial charge in [0.05, 0.1) is 4.92 Å². The van der Waals surface area contributed by atoms with E-state index in [2.05, 4.69) is 0 Å². The molecule has 0 aliphatic rings. The molecule has 0 amide bonds. The number of nitrogens with one attached hydrogen (secondary N) is 1. The number of hydrogen-bond donors (Lipinski definition) is 1. The third-order valence-electron chi connectivity index (χ3n) is 1.67. The summed E-state index contributed by atoms with van der Waals surface area (Å²) in [6.45, 7) is 0. The van der Waals surface area contributed by atoms with E-state index >= 15 is 0 Å². The van der Waals surface area contributed by atoms with Crippen molar-refractivity contribution in [1.82, 2.24) is 0 Å². The van der Waals surface area contributed by atoms with Gasteiger partial charge in [-0.25, -0.2) is 17.2 Å². The molecule has 1 rings (SSSR count). The van der Waals surface area contributed by atoms with Gasteiger partial charge in [-0.1, -0.05) is 0 Å². The molecule has 0 fully saturated rings. The summed E-state index contributed by atoms with van der Waals surface area (Å²) in [5.41, 5.74) is -1.98. The van der Waals surface area contributed by atoms with Crippen LogP contribution in [0.5, 0.6) is 0 Å². The fourth-order valence-electron chi connectivity index (χ4n) is 0.972. The highest BCUT2D eigenvalue weighted by molar-refractivity contribution is 7.93. The Balaban J connectivity index is 3.39. The number of nitrogens with zero attached hydrogens (tertiary/aromatic N) is 1. The molecule has 0 saturated carbocycles. The molecule has 0 aliphatic heterocycles. The number of benzene rings is 1. The van der Waals surface area contributed by atoms with Crippen molar-refractivity contribution in [3.63, 3.8) is 0 Å². The monoisotopic (exact) mass is 286 g/mol. The van der Waals surface area contributed by atoms with Crippen LogP contribution in [0, 0.1) is 21.7 Å². The quantitative estimate of drug-likeness (QED) is 0.519. The van der Waals surface area contributed by atoms with E-state index in [4.69, 9.17) is 11.6 Å². The first kappa shape index (κ1) is 13.6. The minimum Gasteiger partial charge on any atom is -0.273 e. The van der Waals surface area contributed by atoms with E-state index in [1.165, 1.54) is 4.72 Å². The molecular weight excluding hydrogens is 282 g/mol. The molecule has 17 heavy (non-hydrogen) atoms. The van der Waals surface area contributed by atoms with Gasteiger partial charge in [0.15, 0.2) is 17.3 Å². The maximum absolute atomic E-state index is 13.2. The van der Waals surface area contributed by atoms with Crippen molar-refractivity contribution in [2.45, 2.75) is 0 Å². The molecule has 0 aromatic heterocycles. The van der Waals surface area contributed by atoms with E-state index in [0.717, 1.165) is 0 Å². The molecule has 10 heteroatoms. The van der Waals surface area contributed by atoms with Crippen LogP contribution in [0.2, 0.25) is 0 Å². The Bertz CT molecular complexity index is 563. The van der Waals surface area contributed by atoms with Gasteiger partial charge in [0.1, 0.15) is 5.21 Å². The van der Waals surface area contributed by atoms with Crippen molar-refractivity contribution in [2.24, 2.45) is 0 Å². The van der Waals surface area contributed by atoms with E-state index < -0.39 is 43.2 Å². The molecular formula is C7H5ClF2N2O4S. The van der Waals surface area contributed by atoms with Crippen molar-refractivity contribution in [2.75, 3.05) is 9.93 Å². The van der Waals surface area contributed by atoms with Gasteiger partial charge in [-0.3, -0.25) is 14.8 Å². The molecule has 1 N–H and O–H groups in total. The van der Waals surface area contributed by atoms with Crippen LogP contribution in [0.25, 0.3) is 0 Å². The normalized spacial score (nSPS) is 11.2. The Morgan fingerprint density at radius 1 is 1.41 bits per heavy atom. The number of rotatable bonds is 4. The molecule has 0 unspecified atom stereocenters. The predicted molar refractivity (Wildman–Crippen MR) is 56.3 cm³/mol. The Morgan fingerprint density at radius 3 is 2.47 bits per heavy atom. The summed E-state index contributed by atoms with van der Waals surface area (Å²) in [4.78, 5) is 9.46. The number of sulfonamides is 1. The molecule has 0 spiro atoms. The average molecular weight is 287 g/mol. The standard InChI is InChI=1S/C7H5ClF2N2O4S/c8-3-17(15,16)11-7-5(12(13)14)2-1-4(9)6(7)10/h1-2,11H,3H2. The molecule has 0 bridgehead atoms. The number of halogens is 3. The summed E-state index contributed by atoms with van der Waals surface area (Å²) < 4.78 is 49.7. The van der Waals surface area contributed by atoms with Crippen molar-refractivity contribution in [3.05, 3.63) is 33.9 Å². The zero-order valence-corrected chi connectivity index (χ0v) is 9.56. The molecule has 1 aromatic rings. The summed E-state index contributed by atoms with van der Waals surface area (Å²) in [6, 6.07) is 1.16. The Hall–Kier alpha value is -1.48. The van der Waals surface area contributed by atoms with Gasteiger partial charge in [-0.05, 0) is 6.07 Å². The van der Waals surface area contributed by atoms with Crippen LogP contribution in [-0.4, -0.2) is 18.6 Å². The fraction of sp³-hybridized carbons (Fsp3) is 0.143. The lowest BCUT2D eigenvalue weighted by atomic mass is 10.2. The van der Waals surface area contributed by atoms with Gasteiger partial charge in [-0.2, -0.15) is 0 Å². The smallest absolute Gasteiger partial charge is 0.273 e. The topological polar surface area (TPSA) is 89.3 Å². The first-order valence-corrected chi connectivity index (χ1v) is 6.16. The molecule has 0 heterocycles. The zero-order chi connectivity index (χ0) is 13.2. The second-order valence-electron chi connectivity index (χ2n) is 2.84. The van der Waals surface area contributed by atoms with Gasteiger partial charge in [0.25, 0.3) is 5.69 Å². The van der Waals surface area contributed by atoms with Crippen LogP contribution < -0.4 is 4.72 Å². The maximum Gasteiger partial charge on any atom is 0.296 e. The molecule has 94 valence electrons. The summed E-state index contributed by atoms with van der Waals surface area (Å²) in [7, 11) is -4.16. The second-order valence-corrected chi connectivity index (χ2v) is 5.15. The Kier molecular flexibility index (Phi) is 3.83. The fourth-order valence-corrected chi connectivity index (χ4v) is 1.70. The van der Waals surface area contributed by atoms with Gasteiger partial charge >= 0.3 is 0 Å². The van der Waals surface area contributed by atoms with Crippen molar-refractivity contribution in [1.29, 1.82) is 0 Å². The number of alkyl halides is 1. The summed E-state index contributed by atoms with van der Waals surface area (Å²) in [5, 5.41) is 9.56. The van der Waals surface area contributed by atoms with Gasteiger partial charge in [-0.15, -0.1) is 11.6 Å². The first-order chi connectivity index (χ1) is 7.78. The van der Waals surface area contributed by atoms with Crippen LogP contribution in [0.1, 0.15) is 0 Å². The Morgan fingerprint density at radius 2 is 2.00 bits per heavy atom. The van der Waals surface area contributed by atoms with Gasteiger partial charge in [0, 0.05) is 6.07 Å². The van der Waals surface area contributed by atoms with Crippen LogP contribution in [0.15, 0.2) is 12.1 Å². The predicted octanol–water partition coefficient (Wildman–Crippen LogP) is 1.81. The molecule has 1 aromatic carbocycles. The molecule has 6 nitrogen and oxygen atoms in total. The van der Waals surface area contributed by atoms with E-state index in [1.807, 2.05) is 0 Å². The van der Waals surface area contributed by atoms with E-state index in [1.54, 1.807) is 0 Å². The number of nitro groups is 1. The van der Waals surface area contributed by atoms with Crippen LogP contribution in [-0.2, 0) is 10.0 Å². The number of anilines is 1. The first-order valence-electron chi connectivity index (χ1n) is 3.97. The molecule has 0 atom stereocenters. The maximum atomic E-state index is 13.2. The summed E-state index contributed by atoms with van der Waals surface area (Å²) in [6.07, 6.45) is 0. The van der Waals surface area contributed by atoms with Crippen molar-refractivity contribution >= 4 is 33.0 Å². The van der Waals surface area contributed by atoms with Crippen LogP contribution in [0.4, 0.5) is 20.2 Å². The molecule has 0 saturated heterocycles. The van der Waals surface area contributed by atoms with Crippen molar-refractivity contribution < 1.29 is 22.1 Å². The van der Waals surface area contributed by atoms with E-state index in [0.29, 0.717) is 12.1 Å². The zero-order valence-electron chi connectivity index (χ0n) is 7.98. The largest absolute Gasteiger partial charge is 0.296 e.